The molecule has 5 nitrogen and oxygen atoms in total. The van der Waals surface area contributed by atoms with Gasteiger partial charge in [0, 0.05) is 29.1 Å². The number of hydrogen-bond donors (Lipinski definition) is 0. The molecule has 0 N–H and O–H groups in total. The summed E-state index contributed by atoms with van der Waals surface area (Å²) in [5.74, 6) is 0.631. The third-order valence-electron chi connectivity index (χ3n) is 5.69. The smallest absolute Gasteiger partial charge is 0.255 e. The molecule has 27 heavy (non-hydrogen) atoms. The first-order chi connectivity index (χ1) is 13.1. The van der Waals surface area contributed by atoms with Crippen LogP contribution in [0.3, 0.4) is 0 Å². The fraction of sp³-hybridized carbons (Fsp3) is 0.476. The number of aromatic nitrogens is 3. The highest BCUT2D eigenvalue weighted by Gasteiger charge is 2.34. The van der Waals surface area contributed by atoms with E-state index < -0.39 is 0 Å². The summed E-state index contributed by atoms with van der Waals surface area (Å²) in [6, 6.07) is 6.68. The molecule has 0 radical (unpaired) electrons. The Labute approximate surface area is 163 Å². The van der Waals surface area contributed by atoms with E-state index in [1.54, 1.807) is 11.3 Å². The molecule has 5 rings (SSSR count). The van der Waals surface area contributed by atoms with Crippen molar-refractivity contribution in [1.82, 2.24) is 19.7 Å². The molecular formula is C21H24N4OS. The number of carbonyl (C=O) groups excluding carboxylic acids is 1. The van der Waals surface area contributed by atoms with Crippen molar-refractivity contribution in [2.45, 2.75) is 57.5 Å². The maximum Gasteiger partial charge on any atom is 0.255 e. The maximum atomic E-state index is 13.6. The van der Waals surface area contributed by atoms with E-state index in [4.69, 9.17) is 4.98 Å². The molecule has 0 spiro atoms. The van der Waals surface area contributed by atoms with Gasteiger partial charge in [-0.2, -0.15) is 5.10 Å². The molecular weight excluding hydrogens is 356 g/mol. The van der Waals surface area contributed by atoms with Gasteiger partial charge in [0.15, 0.2) is 5.65 Å². The second-order valence-corrected chi connectivity index (χ2v) is 8.94. The number of carbonyl (C=O) groups is 1. The van der Waals surface area contributed by atoms with Gasteiger partial charge in [-0.25, -0.2) is 9.67 Å². The van der Waals surface area contributed by atoms with Crippen LogP contribution in [0, 0.1) is 0 Å². The Bertz CT molecular complexity index is 987. The first-order valence-corrected chi connectivity index (χ1v) is 10.7. The maximum absolute atomic E-state index is 13.6. The minimum Gasteiger partial charge on any atom is -0.331 e. The number of pyridine rings is 1. The molecule has 1 amide bonds. The molecule has 2 fully saturated rings. The van der Waals surface area contributed by atoms with Crippen LogP contribution in [0.4, 0.5) is 0 Å². The van der Waals surface area contributed by atoms with Gasteiger partial charge in [-0.1, -0.05) is 6.07 Å². The summed E-state index contributed by atoms with van der Waals surface area (Å²) >= 11 is 1.74. The van der Waals surface area contributed by atoms with Crippen LogP contribution in [0.25, 0.3) is 11.0 Å². The molecule has 6 heteroatoms. The van der Waals surface area contributed by atoms with E-state index in [1.165, 1.54) is 17.7 Å². The van der Waals surface area contributed by atoms with Crippen LogP contribution in [0.15, 0.2) is 29.8 Å². The van der Waals surface area contributed by atoms with Crippen molar-refractivity contribution < 1.29 is 4.79 Å². The third kappa shape index (κ3) is 2.87. The fourth-order valence-corrected chi connectivity index (χ4v) is 5.00. The lowest BCUT2D eigenvalue weighted by Crippen LogP contribution is -2.30. The first-order valence-electron chi connectivity index (χ1n) is 9.86. The van der Waals surface area contributed by atoms with Gasteiger partial charge in [-0.3, -0.25) is 4.79 Å². The van der Waals surface area contributed by atoms with Crippen molar-refractivity contribution >= 4 is 28.3 Å². The van der Waals surface area contributed by atoms with E-state index >= 15 is 0 Å². The van der Waals surface area contributed by atoms with Crippen LogP contribution in [-0.2, 0) is 0 Å². The van der Waals surface area contributed by atoms with E-state index in [9.17, 15) is 4.79 Å². The van der Waals surface area contributed by atoms with Gasteiger partial charge in [-0.15, -0.1) is 11.3 Å². The van der Waals surface area contributed by atoms with Crippen LogP contribution in [0.5, 0.6) is 0 Å². The summed E-state index contributed by atoms with van der Waals surface area (Å²) < 4.78 is 1.94. The van der Waals surface area contributed by atoms with E-state index in [1.807, 2.05) is 16.9 Å². The van der Waals surface area contributed by atoms with Gasteiger partial charge in [0.05, 0.1) is 23.2 Å². The van der Waals surface area contributed by atoms with Crippen molar-refractivity contribution in [3.8, 4) is 0 Å². The molecule has 4 heterocycles. The van der Waals surface area contributed by atoms with Crippen molar-refractivity contribution in [3.05, 3.63) is 45.9 Å². The molecule has 3 aromatic heterocycles. The Balaban J connectivity index is 1.60. The average molecular weight is 381 g/mol. The molecule has 1 saturated carbocycles. The lowest BCUT2D eigenvalue weighted by atomic mass is 10.1. The first kappa shape index (κ1) is 16.9. The molecule has 0 aromatic carbocycles. The average Bonchev–Trinajstić information content (AvgIpc) is 3.07. The van der Waals surface area contributed by atoms with Gasteiger partial charge >= 0.3 is 0 Å². The summed E-state index contributed by atoms with van der Waals surface area (Å²) in [5.41, 5.74) is 2.68. The lowest BCUT2D eigenvalue weighted by molar-refractivity contribution is 0.0739. The fourth-order valence-electron chi connectivity index (χ4n) is 4.12. The van der Waals surface area contributed by atoms with Gasteiger partial charge < -0.3 is 4.90 Å². The Morgan fingerprint density at radius 2 is 2.15 bits per heavy atom. The zero-order valence-electron chi connectivity index (χ0n) is 15.8. The highest BCUT2D eigenvalue weighted by molar-refractivity contribution is 7.10. The topological polar surface area (TPSA) is 51.0 Å². The molecule has 3 aromatic rings. The SMILES string of the molecule is CC(C)n1ncc2c(C(=O)N3CCCC3c3cccs3)cc(C3CC3)nc21. The van der Waals surface area contributed by atoms with Gasteiger partial charge in [0.25, 0.3) is 5.91 Å². The number of likely N-dealkylation sites (tertiary alicyclic amines) is 1. The largest absolute Gasteiger partial charge is 0.331 e. The molecule has 140 valence electrons. The predicted octanol–water partition coefficient (Wildman–Crippen LogP) is 4.93. The molecule has 1 unspecified atom stereocenters. The number of fused-ring (bicyclic) bond motifs is 1. The molecule has 0 bridgehead atoms. The Kier molecular flexibility index (Phi) is 4.04. The molecule has 1 aliphatic heterocycles. The number of rotatable bonds is 4. The third-order valence-corrected chi connectivity index (χ3v) is 6.66. The highest BCUT2D eigenvalue weighted by atomic mass is 32.1. The van der Waals surface area contributed by atoms with Crippen molar-refractivity contribution in [3.63, 3.8) is 0 Å². The van der Waals surface area contributed by atoms with E-state index in [2.05, 4.69) is 41.4 Å². The Hall–Kier alpha value is -2.21. The van der Waals surface area contributed by atoms with Crippen molar-refractivity contribution in [2.24, 2.45) is 0 Å². The van der Waals surface area contributed by atoms with Crippen molar-refractivity contribution in [2.75, 3.05) is 6.54 Å². The Morgan fingerprint density at radius 1 is 1.30 bits per heavy atom. The highest BCUT2D eigenvalue weighted by Crippen LogP contribution is 2.41. The monoisotopic (exact) mass is 380 g/mol. The standard InChI is InChI=1S/C21H24N4OS/c1-13(2)25-20-16(12-22-25)15(11-17(23-20)14-7-8-14)21(26)24-9-3-5-18(24)19-6-4-10-27-19/h4,6,10-14,18H,3,5,7-9H2,1-2H3. The summed E-state index contributed by atoms with van der Waals surface area (Å²) in [6.45, 7) is 5.03. The van der Waals surface area contributed by atoms with Crippen LogP contribution in [-0.4, -0.2) is 32.1 Å². The second kappa shape index (κ2) is 6.44. The number of hydrogen-bond acceptors (Lipinski definition) is 4. The molecule has 1 saturated heterocycles. The number of thiophene rings is 1. The van der Waals surface area contributed by atoms with Gasteiger partial charge in [0.2, 0.25) is 0 Å². The normalized spacial score (nSPS) is 20.1. The Morgan fingerprint density at radius 3 is 2.85 bits per heavy atom. The quantitative estimate of drug-likeness (QED) is 0.645. The minimum atomic E-state index is 0.128. The molecule has 1 atom stereocenters. The van der Waals surface area contributed by atoms with Crippen molar-refractivity contribution in [1.29, 1.82) is 0 Å². The summed E-state index contributed by atoms with van der Waals surface area (Å²) in [4.78, 5) is 21.8. The summed E-state index contributed by atoms with van der Waals surface area (Å²) in [6.07, 6.45) is 6.26. The van der Waals surface area contributed by atoms with E-state index in [0.29, 0.717) is 5.92 Å². The minimum absolute atomic E-state index is 0.128. The van der Waals surface area contributed by atoms with E-state index in [-0.39, 0.29) is 18.0 Å². The number of nitrogens with zero attached hydrogens (tertiary/aromatic N) is 4. The van der Waals surface area contributed by atoms with Gasteiger partial charge in [-0.05, 0) is 57.0 Å². The predicted molar refractivity (Wildman–Crippen MR) is 107 cm³/mol. The van der Waals surface area contributed by atoms with Gasteiger partial charge in [0.1, 0.15) is 0 Å². The van der Waals surface area contributed by atoms with Crippen LogP contribution < -0.4 is 0 Å². The summed E-state index contributed by atoms with van der Waals surface area (Å²) in [5, 5.41) is 7.52. The van der Waals surface area contributed by atoms with Crippen LogP contribution in [0.2, 0.25) is 0 Å². The molecule has 2 aliphatic rings. The lowest BCUT2D eigenvalue weighted by Gasteiger charge is -2.24. The zero-order chi connectivity index (χ0) is 18.5. The molecule has 1 aliphatic carbocycles. The number of amides is 1. The van der Waals surface area contributed by atoms with Crippen LogP contribution in [0.1, 0.15) is 78.5 Å². The second-order valence-electron chi connectivity index (χ2n) is 7.96. The zero-order valence-corrected chi connectivity index (χ0v) is 16.6. The van der Waals surface area contributed by atoms with E-state index in [0.717, 1.165) is 41.7 Å². The van der Waals surface area contributed by atoms with Crippen LogP contribution >= 0.6 is 11.3 Å². The summed E-state index contributed by atoms with van der Waals surface area (Å²) in [7, 11) is 0.